The highest BCUT2D eigenvalue weighted by Gasteiger charge is 2.37. The molecule has 17 heavy (non-hydrogen) atoms. The normalized spacial score (nSPS) is 18.2. The Balaban J connectivity index is 2.59. The van der Waals surface area contributed by atoms with Gasteiger partial charge in [-0.05, 0) is 25.0 Å². The van der Waals surface area contributed by atoms with E-state index in [9.17, 15) is 9.59 Å². The molecule has 1 aliphatic heterocycles. The second-order valence-corrected chi connectivity index (χ2v) is 4.49. The van der Waals surface area contributed by atoms with Crippen LogP contribution in [0.2, 0.25) is 0 Å². The van der Waals surface area contributed by atoms with Gasteiger partial charge in [0.15, 0.2) is 0 Å². The predicted octanol–water partition coefficient (Wildman–Crippen LogP) is 1.46. The number of rotatable bonds is 1. The number of benzene rings is 1. The van der Waals surface area contributed by atoms with Gasteiger partial charge in [-0.15, -0.1) is 0 Å². The molecular weight excluding hydrogens is 216 g/mol. The smallest absolute Gasteiger partial charge is 0.254 e. The van der Waals surface area contributed by atoms with Crippen LogP contribution >= 0.6 is 0 Å². The van der Waals surface area contributed by atoms with Gasteiger partial charge >= 0.3 is 0 Å². The largest absolute Gasteiger partial charge is 0.341 e. The first kappa shape index (κ1) is 11.6. The summed E-state index contributed by atoms with van der Waals surface area (Å²) in [7, 11) is 1.75. The summed E-state index contributed by atoms with van der Waals surface area (Å²) >= 11 is 0. The summed E-state index contributed by atoms with van der Waals surface area (Å²) in [5.74, 6) is -0.266. The van der Waals surface area contributed by atoms with E-state index in [0.29, 0.717) is 0 Å². The summed E-state index contributed by atoms with van der Waals surface area (Å²) in [6, 6.07) is 3.44. The lowest BCUT2D eigenvalue weighted by molar-refractivity contribution is -0.125. The first-order valence-corrected chi connectivity index (χ1v) is 5.58. The molecule has 4 nitrogen and oxygen atoms in total. The molecule has 0 bridgehead atoms. The monoisotopic (exact) mass is 232 g/mol. The van der Waals surface area contributed by atoms with Crippen LogP contribution in [0.3, 0.4) is 0 Å². The number of anilines is 1. The third-order valence-electron chi connectivity index (χ3n) is 3.19. The van der Waals surface area contributed by atoms with Gasteiger partial charge in [0.05, 0.1) is 5.69 Å². The SMILES string of the molecule is CC(=O)N[C@H]1C(=O)N(C)c2c(C)ccc(C)c21. The van der Waals surface area contributed by atoms with Crippen molar-refractivity contribution >= 4 is 17.5 Å². The Hall–Kier alpha value is -1.84. The average molecular weight is 232 g/mol. The lowest BCUT2D eigenvalue weighted by Gasteiger charge is -2.13. The number of aryl methyl sites for hydroxylation is 2. The summed E-state index contributed by atoms with van der Waals surface area (Å²) < 4.78 is 0. The van der Waals surface area contributed by atoms with Crippen molar-refractivity contribution < 1.29 is 9.59 Å². The van der Waals surface area contributed by atoms with Crippen LogP contribution in [0.15, 0.2) is 12.1 Å². The van der Waals surface area contributed by atoms with Crippen LogP contribution in [0, 0.1) is 13.8 Å². The highest BCUT2D eigenvalue weighted by molar-refractivity contribution is 6.06. The molecule has 1 aromatic rings. The number of hydrogen-bond acceptors (Lipinski definition) is 2. The lowest BCUT2D eigenvalue weighted by Crippen LogP contribution is -2.34. The zero-order valence-electron chi connectivity index (χ0n) is 10.5. The fourth-order valence-corrected chi connectivity index (χ4v) is 2.39. The molecule has 0 saturated heterocycles. The topological polar surface area (TPSA) is 49.4 Å². The molecule has 0 radical (unpaired) electrons. The van der Waals surface area contributed by atoms with Crippen molar-refractivity contribution in [2.75, 3.05) is 11.9 Å². The number of amides is 2. The summed E-state index contributed by atoms with van der Waals surface area (Å²) in [6.07, 6.45) is 0. The van der Waals surface area contributed by atoms with E-state index in [2.05, 4.69) is 5.32 Å². The summed E-state index contributed by atoms with van der Waals surface area (Å²) in [5.41, 5.74) is 3.93. The van der Waals surface area contributed by atoms with E-state index < -0.39 is 6.04 Å². The summed E-state index contributed by atoms with van der Waals surface area (Å²) in [4.78, 5) is 24.9. The third-order valence-corrected chi connectivity index (χ3v) is 3.19. The van der Waals surface area contributed by atoms with E-state index in [1.54, 1.807) is 11.9 Å². The first-order chi connectivity index (χ1) is 7.93. The number of hydrogen-bond donors (Lipinski definition) is 1. The van der Waals surface area contributed by atoms with Gasteiger partial charge in [0, 0.05) is 19.5 Å². The van der Waals surface area contributed by atoms with Crippen molar-refractivity contribution in [3.8, 4) is 0 Å². The minimum Gasteiger partial charge on any atom is -0.341 e. The van der Waals surface area contributed by atoms with E-state index in [4.69, 9.17) is 0 Å². The zero-order chi connectivity index (χ0) is 12.7. The Bertz CT molecular complexity index is 508. The van der Waals surface area contributed by atoms with Crippen LogP contribution in [0.1, 0.15) is 29.7 Å². The molecule has 0 aromatic heterocycles. The van der Waals surface area contributed by atoms with Crippen molar-refractivity contribution in [3.63, 3.8) is 0 Å². The van der Waals surface area contributed by atoms with E-state index in [1.807, 2.05) is 26.0 Å². The third kappa shape index (κ3) is 1.69. The molecule has 1 N–H and O–H groups in total. The average Bonchev–Trinajstić information content (AvgIpc) is 2.49. The van der Waals surface area contributed by atoms with Gasteiger partial charge in [0.2, 0.25) is 5.91 Å². The molecule has 1 aliphatic rings. The number of carbonyl (C=O) groups excluding carboxylic acids is 2. The Labute approximate surface area is 101 Å². The Kier molecular flexibility index (Phi) is 2.65. The highest BCUT2D eigenvalue weighted by Crippen LogP contribution is 2.39. The number of nitrogens with zero attached hydrogens (tertiary/aromatic N) is 1. The van der Waals surface area contributed by atoms with Crippen molar-refractivity contribution in [2.24, 2.45) is 0 Å². The molecule has 0 aliphatic carbocycles. The van der Waals surface area contributed by atoms with Gasteiger partial charge in [0.25, 0.3) is 5.91 Å². The predicted molar refractivity (Wildman–Crippen MR) is 65.9 cm³/mol. The van der Waals surface area contributed by atoms with Gasteiger partial charge in [-0.1, -0.05) is 12.1 Å². The number of carbonyl (C=O) groups is 2. The van der Waals surface area contributed by atoms with E-state index in [0.717, 1.165) is 22.4 Å². The maximum absolute atomic E-state index is 12.1. The fourth-order valence-electron chi connectivity index (χ4n) is 2.39. The maximum Gasteiger partial charge on any atom is 0.254 e. The summed E-state index contributed by atoms with van der Waals surface area (Å²) in [5, 5.41) is 2.72. The van der Waals surface area contributed by atoms with Gasteiger partial charge in [-0.2, -0.15) is 0 Å². The van der Waals surface area contributed by atoms with Crippen LogP contribution in [-0.2, 0) is 9.59 Å². The van der Waals surface area contributed by atoms with Crippen molar-refractivity contribution in [1.82, 2.24) is 5.32 Å². The van der Waals surface area contributed by atoms with E-state index >= 15 is 0 Å². The maximum atomic E-state index is 12.1. The van der Waals surface area contributed by atoms with Gasteiger partial charge < -0.3 is 10.2 Å². The second-order valence-electron chi connectivity index (χ2n) is 4.49. The summed E-state index contributed by atoms with van der Waals surface area (Å²) in [6.45, 7) is 5.36. The molecule has 1 atom stereocenters. The molecule has 4 heteroatoms. The van der Waals surface area contributed by atoms with Crippen LogP contribution < -0.4 is 10.2 Å². The standard InChI is InChI=1S/C13H16N2O2/c1-7-5-6-8(2)12-10(7)11(14-9(3)16)13(17)15(12)4/h5-6,11H,1-4H3,(H,14,16)/t11-/m1/s1. The zero-order valence-corrected chi connectivity index (χ0v) is 10.5. The Morgan fingerprint density at radius 1 is 1.29 bits per heavy atom. The van der Waals surface area contributed by atoms with E-state index in [1.165, 1.54) is 6.92 Å². The van der Waals surface area contributed by atoms with Crippen molar-refractivity contribution in [1.29, 1.82) is 0 Å². The second kappa shape index (κ2) is 3.87. The minimum absolute atomic E-state index is 0.0763. The van der Waals surface area contributed by atoms with Gasteiger partial charge in [-0.3, -0.25) is 9.59 Å². The molecule has 1 aromatic carbocycles. The van der Waals surface area contributed by atoms with Gasteiger partial charge in [0.1, 0.15) is 6.04 Å². The van der Waals surface area contributed by atoms with Crippen molar-refractivity contribution in [2.45, 2.75) is 26.8 Å². The fraction of sp³-hybridized carbons (Fsp3) is 0.385. The molecule has 0 unspecified atom stereocenters. The Morgan fingerprint density at radius 2 is 1.88 bits per heavy atom. The molecule has 90 valence electrons. The van der Waals surface area contributed by atoms with Gasteiger partial charge in [-0.25, -0.2) is 0 Å². The lowest BCUT2D eigenvalue weighted by atomic mass is 9.99. The van der Waals surface area contributed by atoms with E-state index in [-0.39, 0.29) is 11.8 Å². The minimum atomic E-state index is -0.535. The number of likely N-dealkylation sites (N-methyl/N-ethyl adjacent to an activating group) is 1. The van der Waals surface area contributed by atoms with Crippen LogP contribution in [0.5, 0.6) is 0 Å². The molecule has 0 spiro atoms. The Morgan fingerprint density at radius 3 is 2.47 bits per heavy atom. The molecule has 1 heterocycles. The number of nitrogens with one attached hydrogen (secondary N) is 1. The number of fused-ring (bicyclic) bond motifs is 1. The quantitative estimate of drug-likeness (QED) is 0.796. The highest BCUT2D eigenvalue weighted by atomic mass is 16.2. The van der Waals surface area contributed by atoms with Crippen molar-refractivity contribution in [3.05, 3.63) is 28.8 Å². The first-order valence-electron chi connectivity index (χ1n) is 5.58. The molecule has 2 rings (SSSR count). The molecule has 0 saturated carbocycles. The van der Waals surface area contributed by atoms with Crippen LogP contribution in [-0.4, -0.2) is 18.9 Å². The van der Waals surface area contributed by atoms with Crippen LogP contribution in [0.4, 0.5) is 5.69 Å². The van der Waals surface area contributed by atoms with Crippen LogP contribution in [0.25, 0.3) is 0 Å². The molecule has 0 fully saturated rings. The molecule has 2 amide bonds. The molecular formula is C13H16N2O2.